The number of nitrogens with one attached hydrogen (secondary N) is 3. The van der Waals surface area contributed by atoms with Crippen LogP contribution < -0.4 is 16.0 Å². The lowest BCUT2D eigenvalue weighted by Crippen LogP contribution is -2.68. The van der Waals surface area contributed by atoms with Crippen LogP contribution in [0.4, 0.5) is 5.69 Å². The highest BCUT2D eigenvalue weighted by Crippen LogP contribution is 2.47. The van der Waals surface area contributed by atoms with Gasteiger partial charge in [0.15, 0.2) is 5.78 Å². The summed E-state index contributed by atoms with van der Waals surface area (Å²) in [7, 11) is 0. The van der Waals surface area contributed by atoms with Gasteiger partial charge >= 0.3 is 0 Å². The quantitative estimate of drug-likeness (QED) is 0.428. The number of allylic oxidation sites excluding steroid dienone is 2. The molecular formula is C25H27N5O4S. The van der Waals surface area contributed by atoms with Gasteiger partial charge in [-0.05, 0) is 35.1 Å². The van der Waals surface area contributed by atoms with E-state index in [1.807, 2.05) is 12.1 Å². The highest BCUT2D eigenvalue weighted by Gasteiger charge is 2.50. The fourth-order valence-corrected chi connectivity index (χ4v) is 6.27. The first-order valence-corrected chi connectivity index (χ1v) is 12.6. The Morgan fingerprint density at radius 1 is 1.09 bits per heavy atom. The molecule has 0 radical (unpaired) electrons. The normalized spacial score (nSPS) is 27.4. The summed E-state index contributed by atoms with van der Waals surface area (Å²) in [5, 5.41) is 21.0. The summed E-state index contributed by atoms with van der Waals surface area (Å²) in [6, 6.07) is 10.2. The molecule has 5 rings (SSSR count). The van der Waals surface area contributed by atoms with Crippen LogP contribution in [0.1, 0.15) is 43.7 Å². The highest BCUT2D eigenvalue weighted by molar-refractivity contribution is 7.99. The number of fused-ring (bicyclic) bond motifs is 1. The molecule has 3 aliphatic rings. The van der Waals surface area contributed by atoms with Crippen molar-refractivity contribution in [3.05, 3.63) is 81.3 Å². The van der Waals surface area contributed by atoms with Crippen LogP contribution in [0.2, 0.25) is 0 Å². The second kappa shape index (κ2) is 9.09. The van der Waals surface area contributed by atoms with Gasteiger partial charge < -0.3 is 10.6 Å². The molecule has 2 aliphatic heterocycles. The predicted molar refractivity (Wildman–Crippen MR) is 132 cm³/mol. The van der Waals surface area contributed by atoms with Crippen molar-refractivity contribution in [3.63, 3.8) is 0 Å². The number of amides is 1. The third-order valence-corrected chi connectivity index (χ3v) is 7.90. The van der Waals surface area contributed by atoms with Gasteiger partial charge in [0.2, 0.25) is 5.91 Å². The number of benzene rings is 1. The van der Waals surface area contributed by atoms with Gasteiger partial charge in [0, 0.05) is 53.9 Å². The van der Waals surface area contributed by atoms with Crippen molar-refractivity contribution in [2.45, 2.75) is 50.0 Å². The van der Waals surface area contributed by atoms with Crippen LogP contribution in [0.25, 0.3) is 0 Å². The minimum absolute atomic E-state index is 0.0493. The number of carbonyl (C=O) groups is 2. The van der Waals surface area contributed by atoms with Crippen LogP contribution in [0.15, 0.2) is 60.1 Å². The summed E-state index contributed by atoms with van der Waals surface area (Å²) in [6.45, 7) is 4.18. The van der Waals surface area contributed by atoms with Crippen molar-refractivity contribution in [2.24, 2.45) is 11.3 Å². The Morgan fingerprint density at radius 3 is 2.49 bits per heavy atom. The maximum Gasteiger partial charge on any atom is 0.269 e. The predicted octanol–water partition coefficient (Wildman–Crippen LogP) is 3.20. The molecule has 0 bridgehead atoms. The third kappa shape index (κ3) is 4.68. The van der Waals surface area contributed by atoms with Crippen LogP contribution in [-0.2, 0) is 15.3 Å². The number of hydrogen-bond donors (Lipinski definition) is 3. The van der Waals surface area contributed by atoms with E-state index in [-0.39, 0.29) is 40.4 Å². The molecule has 1 fully saturated rings. The van der Waals surface area contributed by atoms with Crippen LogP contribution in [0, 0.1) is 21.4 Å². The van der Waals surface area contributed by atoms with Gasteiger partial charge in [-0.3, -0.25) is 30.0 Å². The Morgan fingerprint density at radius 2 is 1.80 bits per heavy atom. The van der Waals surface area contributed by atoms with E-state index in [2.05, 4.69) is 34.8 Å². The third-order valence-electron chi connectivity index (χ3n) is 6.82. The van der Waals surface area contributed by atoms with E-state index >= 15 is 0 Å². The van der Waals surface area contributed by atoms with Gasteiger partial charge in [-0.1, -0.05) is 26.0 Å². The molecule has 182 valence electrons. The molecule has 10 heteroatoms. The first kappa shape index (κ1) is 23.5. The van der Waals surface area contributed by atoms with Crippen LogP contribution in [-0.4, -0.2) is 33.3 Å². The average Bonchev–Trinajstić information content (AvgIpc) is 2.81. The number of thioether (sulfide) groups is 1. The Bertz CT molecular complexity index is 1200. The van der Waals surface area contributed by atoms with Gasteiger partial charge in [-0.25, -0.2) is 0 Å². The van der Waals surface area contributed by atoms with Gasteiger partial charge in [0.05, 0.1) is 17.0 Å². The SMILES string of the molecule is CC1(C)CC(=O)C2=C(C1)NC1NC(SCc3ccc([N+](=O)[O-])cc3)NC(=O)C1C2c1ccncc1. The number of nitrogens with zero attached hydrogens (tertiary/aromatic N) is 2. The smallest absolute Gasteiger partial charge is 0.269 e. The summed E-state index contributed by atoms with van der Waals surface area (Å²) < 4.78 is 0. The zero-order valence-corrected chi connectivity index (χ0v) is 20.3. The topological polar surface area (TPSA) is 126 Å². The fraction of sp³-hybridized carbons (Fsp3) is 0.400. The van der Waals surface area contributed by atoms with Crippen LogP contribution in [0.3, 0.4) is 0 Å². The lowest BCUT2D eigenvalue weighted by atomic mass is 9.66. The zero-order chi connectivity index (χ0) is 24.7. The molecule has 4 atom stereocenters. The van der Waals surface area contributed by atoms with E-state index < -0.39 is 10.8 Å². The Balaban J connectivity index is 1.39. The number of pyridine rings is 1. The standard InChI is InChI=1S/C25H27N5O4S/c1-25(2)11-17-20(18(31)12-25)19(15-7-9-26-10-8-15)21-22(27-17)28-24(29-23(21)32)35-13-14-3-5-16(6-4-14)30(33)34/h3-10,19,21-22,24,27-28H,11-13H2,1-2H3,(H,29,32). The monoisotopic (exact) mass is 493 g/mol. The minimum Gasteiger partial charge on any atom is -0.372 e. The first-order chi connectivity index (χ1) is 16.7. The van der Waals surface area contributed by atoms with Gasteiger partial charge in [-0.15, -0.1) is 11.8 Å². The molecule has 1 aromatic carbocycles. The number of hydrogen-bond acceptors (Lipinski definition) is 8. The van der Waals surface area contributed by atoms with Crippen LogP contribution in [0.5, 0.6) is 0 Å². The lowest BCUT2D eigenvalue weighted by molar-refractivity contribution is -0.384. The molecule has 4 unspecified atom stereocenters. The van der Waals surface area contributed by atoms with Gasteiger partial charge in [0.1, 0.15) is 5.50 Å². The van der Waals surface area contributed by atoms with E-state index in [0.717, 1.165) is 23.2 Å². The summed E-state index contributed by atoms with van der Waals surface area (Å²) >= 11 is 1.51. The Kier molecular flexibility index (Phi) is 6.10. The van der Waals surface area contributed by atoms with E-state index in [4.69, 9.17) is 0 Å². The molecule has 1 aliphatic carbocycles. The minimum atomic E-state index is -0.488. The molecule has 9 nitrogen and oxygen atoms in total. The second-order valence-electron chi connectivity index (χ2n) is 10.0. The number of nitro benzene ring substituents is 1. The molecule has 0 spiro atoms. The summed E-state index contributed by atoms with van der Waals surface area (Å²) in [5.41, 5.74) is 3.01. The molecule has 1 amide bonds. The number of rotatable bonds is 5. The van der Waals surface area contributed by atoms with Gasteiger partial charge in [0.25, 0.3) is 5.69 Å². The zero-order valence-electron chi connectivity index (χ0n) is 19.5. The maximum absolute atomic E-state index is 13.4. The Labute approximate surface area is 207 Å². The van der Waals surface area contributed by atoms with Gasteiger partial charge in [-0.2, -0.15) is 0 Å². The van der Waals surface area contributed by atoms with E-state index in [9.17, 15) is 19.7 Å². The summed E-state index contributed by atoms with van der Waals surface area (Å²) in [5.74, 6) is -0.297. The van der Waals surface area contributed by atoms with Crippen molar-refractivity contribution in [1.29, 1.82) is 0 Å². The molecular weight excluding hydrogens is 466 g/mol. The van der Waals surface area contributed by atoms with Crippen molar-refractivity contribution >= 4 is 29.1 Å². The molecule has 3 heterocycles. The van der Waals surface area contributed by atoms with E-state index in [1.54, 1.807) is 24.5 Å². The first-order valence-electron chi connectivity index (χ1n) is 11.6. The molecule has 3 N–H and O–H groups in total. The molecule has 35 heavy (non-hydrogen) atoms. The number of Topliss-reactive ketones (excluding diaryl/α,β-unsaturated/α-hetero) is 1. The number of nitro groups is 1. The molecule has 2 aromatic rings. The lowest BCUT2D eigenvalue weighted by Gasteiger charge is -2.48. The number of non-ortho nitro benzene ring substituents is 1. The van der Waals surface area contributed by atoms with Crippen LogP contribution >= 0.6 is 11.8 Å². The van der Waals surface area contributed by atoms with Crippen molar-refractivity contribution in [2.75, 3.05) is 0 Å². The molecule has 1 aromatic heterocycles. The number of ketones is 1. The largest absolute Gasteiger partial charge is 0.372 e. The van der Waals surface area contributed by atoms with E-state index in [1.165, 1.54) is 23.9 Å². The van der Waals surface area contributed by atoms with Crippen molar-refractivity contribution < 1.29 is 14.5 Å². The summed E-state index contributed by atoms with van der Waals surface area (Å²) in [6.07, 6.45) is 4.25. The van der Waals surface area contributed by atoms with Crippen molar-refractivity contribution in [3.8, 4) is 0 Å². The maximum atomic E-state index is 13.4. The summed E-state index contributed by atoms with van der Waals surface area (Å²) in [4.78, 5) is 41.3. The second-order valence-corrected chi connectivity index (χ2v) is 11.1. The molecule has 0 saturated carbocycles. The molecule has 1 saturated heterocycles. The number of aromatic nitrogens is 1. The average molecular weight is 494 g/mol. The van der Waals surface area contributed by atoms with E-state index in [0.29, 0.717) is 17.7 Å². The Hall–Kier alpha value is -3.24. The highest BCUT2D eigenvalue weighted by atomic mass is 32.2. The van der Waals surface area contributed by atoms with Crippen molar-refractivity contribution in [1.82, 2.24) is 20.9 Å². The number of carbonyl (C=O) groups excluding carboxylic acids is 2. The fourth-order valence-electron chi connectivity index (χ4n) is 5.28.